The Morgan fingerprint density at radius 2 is 1.45 bits per heavy atom. The van der Waals surface area contributed by atoms with Crippen molar-refractivity contribution < 1.29 is 9.53 Å². The maximum absolute atomic E-state index is 11.6. The molecule has 0 aromatic heterocycles. The molecule has 3 heteroatoms. The SMILES string of the molecule is CCOC(=O)/C(N)=C/C=C(c1ccccc1)c1ccccc1. The zero-order valence-corrected chi connectivity index (χ0v) is 12.5. The van der Waals surface area contributed by atoms with Gasteiger partial charge in [0.1, 0.15) is 5.70 Å². The van der Waals surface area contributed by atoms with Gasteiger partial charge < -0.3 is 10.5 Å². The summed E-state index contributed by atoms with van der Waals surface area (Å²) in [6.45, 7) is 2.06. The molecule has 0 heterocycles. The molecule has 0 radical (unpaired) electrons. The predicted molar refractivity (Wildman–Crippen MR) is 88.9 cm³/mol. The molecule has 0 amide bonds. The molecule has 2 aromatic carbocycles. The molecule has 112 valence electrons. The van der Waals surface area contributed by atoms with Crippen LogP contribution in [0, 0.1) is 0 Å². The lowest BCUT2D eigenvalue weighted by molar-refractivity contribution is -0.138. The fourth-order valence-electron chi connectivity index (χ4n) is 2.05. The maximum Gasteiger partial charge on any atom is 0.354 e. The van der Waals surface area contributed by atoms with Gasteiger partial charge in [-0.05, 0) is 29.7 Å². The summed E-state index contributed by atoms with van der Waals surface area (Å²) in [6, 6.07) is 19.9. The zero-order valence-electron chi connectivity index (χ0n) is 12.5. The summed E-state index contributed by atoms with van der Waals surface area (Å²) in [4.78, 5) is 11.6. The first-order valence-corrected chi connectivity index (χ1v) is 7.17. The number of esters is 1. The van der Waals surface area contributed by atoms with Crippen molar-refractivity contribution in [2.24, 2.45) is 5.73 Å². The average molecular weight is 293 g/mol. The van der Waals surface area contributed by atoms with Gasteiger partial charge in [-0.3, -0.25) is 0 Å². The highest BCUT2D eigenvalue weighted by molar-refractivity contribution is 5.89. The van der Waals surface area contributed by atoms with Crippen molar-refractivity contribution in [2.75, 3.05) is 6.61 Å². The quantitative estimate of drug-likeness (QED) is 0.521. The van der Waals surface area contributed by atoms with E-state index in [2.05, 4.69) is 0 Å². The van der Waals surface area contributed by atoms with Crippen LogP contribution < -0.4 is 5.73 Å². The topological polar surface area (TPSA) is 52.3 Å². The molecule has 0 aliphatic rings. The lowest BCUT2D eigenvalue weighted by Crippen LogP contribution is -2.14. The number of ether oxygens (including phenoxy) is 1. The molecule has 3 nitrogen and oxygen atoms in total. The van der Waals surface area contributed by atoms with Gasteiger partial charge in [0.2, 0.25) is 0 Å². The van der Waals surface area contributed by atoms with Crippen LogP contribution in [-0.4, -0.2) is 12.6 Å². The number of hydrogen-bond donors (Lipinski definition) is 1. The van der Waals surface area contributed by atoms with Crippen molar-refractivity contribution in [2.45, 2.75) is 6.92 Å². The molecule has 0 aliphatic carbocycles. The van der Waals surface area contributed by atoms with Crippen LogP contribution in [0.5, 0.6) is 0 Å². The number of carbonyl (C=O) groups excluding carboxylic acids is 1. The number of rotatable bonds is 5. The van der Waals surface area contributed by atoms with Gasteiger partial charge in [-0.15, -0.1) is 0 Å². The second-order valence-corrected chi connectivity index (χ2v) is 4.65. The molecule has 2 rings (SSSR count). The Hall–Kier alpha value is -2.81. The predicted octanol–water partition coefficient (Wildman–Crippen LogP) is 3.52. The third-order valence-corrected chi connectivity index (χ3v) is 3.11. The first-order chi connectivity index (χ1) is 10.7. The second kappa shape index (κ2) is 7.84. The van der Waals surface area contributed by atoms with E-state index >= 15 is 0 Å². The number of allylic oxidation sites excluding steroid dienone is 2. The Morgan fingerprint density at radius 3 is 1.91 bits per heavy atom. The van der Waals surface area contributed by atoms with E-state index in [-0.39, 0.29) is 5.70 Å². The monoisotopic (exact) mass is 293 g/mol. The molecule has 0 saturated heterocycles. The van der Waals surface area contributed by atoms with Crippen LogP contribution >= 0.6 is 0 Å². The standard InChI is InChI=1S/C19H19NO2/c1-2-22-19(21)18(20)14-13-17(15-9-5-3-6-10-15)16-11-7-4-8-12-16/h3-14H,2,20H2,1H3/b18-14-. The number of hydrogen-bond acceptors (Lipinski definition) is 3. The summed E-state index contributed by atoms with van der Waals surface area (Å²) in [5, 5.41) is 0. The van der Waals surface area contributed by atoms with Gasteiger partial charge in [0.15, 0.2) is 0 Å². The van der Waals surface area contributed by atoms with Crippen LogP contribution in [0.2, 0.25) is 0 Å². The largest absolute Gasteiger partial charge is 0.461 e. The summed E-state index contributed by atoms with van der Waals surface area (Å²) >= 11 is 0. The molecular formula is C19H19NO2. The fraction of sp³-hybridized carbons (Fsp3) is 0.105. The Bertz CT molecular complexity index is 632. The van der Waals surface area contributed by atoms with E-state index in [1.165, 1.54) is 0 Å². The van der Waals surface area contributed by atoms with Crippen LogP contribution in [0.4, 0.5) is 0 Å². The molecule has 2 N–H and O–H groups in total. The minimum atomic E-state index is -0.501. The van der Waals surface area contributed by atoms with Crippen LogP contribution in [-0.2, 0) is 9.53 Å². The normalized spacial score (nSPS) is 10.9. The fourth-order valence-corrected chi connectivity index (χ4v) is 2.05. The van der Waals surface area contributed by atoms with E-state index in [9.17, 15) is 4.79 Å². The van der Waals surface area contributed by atoms with Crippen LogP contribution in [0.3, 0.4) is 0 Å². The summed E-state index contributed by atoms with van der Waals surface area (Å²) in [5.74, 6) is -0.501. The molecule has 22 heavy (non-hydrogen) atoms. The maximum atomic E-state index is 11.6. The van der Waals surface area contributed by atoms with Crippen molar-refractivity contribution in [3.63, 3.8) is 0 Å². The Kier molecular flexibility index (Phi) is 5.55. The van der Waals surface area contributed by atoms with E-state index in [1.807, 2.05) is 66.7 Å². The van der Waals surface area contributed by atoms with Crippen molar-refractivity contribution in [1.29, 1.82) is 0 Å². The van der Waals surface area contributed by atoms with Crippen molar-refractivity contribution in [3.05, 3.63) is 89.6 Å². The molecule has 0 aliphatic heterocycles. The Balaban J connectivity index is 2.39. The first-order valence-electron chi connectivity index (χ1n) is 7.17. The van der Waals surface area contributed by atoms with Crippen molar-refractivity contribution in [1.82, 2.24) is 0 Å². The van der Waals surface area contributed by atoms with E-state index in [1.54, 1.807) is 13.0 Å². The van der Waals surface area contributed by atoms with Gasteiger partial charge in [-0.25, -0.2) is 4.79 Å². The van der Waals surface area contributed by atoms with E-state index < -0.39 is 5.97 Å². The van der Waals surface area contributed by atoms with Gasteiger partial charge >= 0.3 is 5.97 Å². The van der Waals surface area contributed by atoms with Crippen LogP contribution in [0.25, 0.3) is 5.57 Å². The summed E-state index contributed by atoms with van der Waals surface area (Å²) in [6.07, 6.45) is 3.43. The Morgan fingerprint density at radius 1 is 0.955 bits per heavy atom. The lowest BCUT2D eigenvalue weighted by Gasteiger charge is -2.08. The molecule has 0 spiro atoms. The first kappa shape index (κ1) is 15.6. The van der Waals surface area contributed by atoms with Crippen LogP contribution in [0.1, 0.15) is 18.1 Å². The van der Waals surface area contributed by atoms with E-state index in [4.69, 9.17) is 10.5 Å². The smallest absolute Gasteiger partial charge is 0.354 e. The van der Waals surface area contributed by atoms with E-state index in [0.29, 0.717) is 6.61 Å². The number of carbonyl (C=O) groups is 1. The lowest BCUT2D eigenvalue weighted by atomic mass is 9.97. The van der Waals surface area contributed by atoms with Crippen molar-refractivity contribution >= 4 is 11.5 Å². The van der Waals surface area contributed by atoms with Gasteiger partial charge in [-0.1, -0.05) is 66.7 Å². The van der Waals surface area contributed by atoms with Gasteiger partial charge in [0.05, 0.1) is 6.61 Å². The highest BCUT2D eigenvalue weighted by Crippen LogP contribution is 2.23. The van der Waals surface area contributed by atoms with E-state index in [0.717, 1.165) is 16.7 Å². The third kappa shape index (κ3) is 4.09. The number of benzene rings is 2. The molecule has 0 fully saturated rings. The minimum absolute atomic E-state index is 0.0891. The Labute approximate surface area is 130 Å². The minimum Gasteiger partial charge on any atom is -0.461 e. The van der Waals surface area contributed by atoms with Gasteiger partial charge in [0.25, 0.3) is 0 Å². The third-order valence-electron chi connectivity index (χ3n) is 3.11. The summed E-state index contributed by atoms with van der Waals surface area (Å²) < 4.78 is 4.89. The van der Waals surface area contributed by atoms with Crippen LogP contribution in [0.15, 0.2) is 78.5 Å². The number of nitrogens with two attached hydrogens (primary N) is 1. The molecule has 0 unspecified atom stereocenters. The van der Waals surface area contributed by atoms with Gasteiger partial charge in [0, 0.05) is 0 Å². The van der Waals surface area contributed by atoms with Crippen molar-refractivity contribution in [3.8, 4) is 0 Å². The molecule has 0 saturated carbocycles. The highest BCUT2D eigenvalue weighted by Gasteiger charge is 2.06. The molecule has 0 bridgehead atoms. The second-order valence-electron chi connectivity index (χ2n) is 4.65. The average Bonchev–Trinajstić information content (AvgIpc) is 2.57. The van der Waals surface area contributed by atoms with Gasteiger partial charge in [-0.2, -0.15) is 0 Å². The molecule has 0 atom stereocenters. The molecular weight excluding hydrogens is 274 g/mol. The zero-order chi connectivity index (χ0) is 15.8. The molecule has 2 aromatic rings. The summed E-state index contributed by atoms with van der Waals surface area (Å²) in [5.41, 5.74) is 8.95. The summed E-state index contributed by atoms with van der Waals surface area (Å²) in [7, 11) is 0. The highest BCUT2D eigenvalue weighted by atomic mass is 16.5.